The molecule has 0 aliphatic heterocycles. The predicted molar refractivity (Wildman–Crippen MR) is 126 cm³/mol. The second-order valence-corrected chi connectivity index (χ2v) is 9.60. The molecule has 0 saturated carbocycles. The number of nitrogens with one attached hydrogen (secondary N) is 1. The molecule has 0 aliphatic rings. The van der Waals surface area contributed by atoms with Gasteiger partial charge in [0.15, 0.2) is 9.84 Å². The molecule has 0 saturated heterocycles. The number of carbonyl (C=O) groups is 1. The third-order valence-corrected chi connectivity index (χ3v) is 7.14. The standard InChI is InChI=1S/C24H21ClN2O4S/c1-31-22-13-7-5-11-20(22)26-24(28)15-27-14-23(18-9-3-6-12-21(18)27)32(29,30)16-17-8-2-4-10-19(17)25/h2-14H,15-16H2,1H3,(H,26,28). The molecule has 0 unspecified atom stereocenters. The molecule has 0 atom stereocenters. The molecular weight excluding hydrogens is 448 g/mol. The molecule has 0 radical (unpaired) electrons. The summed E-state index contributed by atoms with van der Waals surface area (Å²) < 4.78 is 33.4. The number of halogens is 1. The van der Waals surface area contributed by atoms with E-state index in [1.54, 1.807) is 71.3 Å². The minimum atomic E-state index is -3.70. The van der Waals surface area contributed by atoms with Crippen LogP contribution in [-0.2, 0) is 26.9 Å². The van der Waals surface area contributed by atoms with Crippen LogP contribution >= 0.6 is 11.6 Å². The molecule has 6 nitrogen and oxygen atoms in total. The Morgan fingerprint density at radius 1 is 1.00 bits per heavy atom. The van der Waals surface area contributed by atoms with Crippen molar-refractivity contribution >= 4 is 43.9 Å². The normalized spacial score (nSPS) is 11.4. The summed E-state index contributed by atoms with van der Waals surface area (Å²) in [4.78, 5) is 12.9. The van der Waals surface area contributed by atoms with E-state index in [1.165, 1.54) is 13.3 Å². The summed E-state index contributed by atoms with van der Waals surface area (Å²) in [6.07, 6.45) is 1.51. The quantitative estimate of drug-likeness (QED) is 0.418. The number of methoxy groups -OCH3 is 1. The van der Waals surface area contributed by atoms with E-state index in [0.29, 0.717) is 32.9 Å². The number of nitrogens with zero attached hydrogens (tertiary/aromatic N) is 1. The zero-order chi connectivity index (χ0) is 22.7. The average molecular weight is 469 g/mol. The van der Waals surface area contributed by atoms with Crippen LogP contribution < -0.4 is 10.1 Å². The maximum atomic E-state index is 13.3. The minimum absolute atomic E-state index is 0.0554. The van der Waals surface area contributed by atoms with E-state index in [0.717, 1.165) is 0 Å². The molecule has 1 heterocycles. The largest absolute Gasteiger partial charge is 0.495 e. The number of para-hydroxylation sites is 3. The SMILES string of the molecule is COc1ccccc1NC(=O)Cn1cc(S(=O)(=O)Cc2ccccc2Cl)c2ccccc21. The van der Waals surface area contributed by atoms with Gasteiger partial charge in [0.05, 0.1) is 23.4 Å². The fourth-order valence-electron chi connectivity index (χ4n) is 3.58. The summed E-state index contributed by atoms with van der Waals surface area (Å²) >= 11 is 6.18. The Morgan fingerprint density at radius 2 is 1.69 bits per heavy atom. The molecule has 0 spiro atoms. The number of anilines is 1. The van der Waals surface area contributed by atoms with Gasteiger partial charge in [0.1, 0.15) is 12.3 Å². The van der Waals surface area contributed by atoms with Crippen molar-refractivity contribution in [2.45, 2.75) is 17.2 Å². The monoisotopic (exact) mass is 468 g/mol. The van der Waals surface area contributed by atoms with Gasteiger partial charge in [-0.15, -0.1) is 0 Å². The van der Waals surface area contributed by atoms with Crippen LogP contribution in [0, 0.1) is 0 Å². The molecule has 164 valence electrons. The summed E-state index contributed by atoms with van der Waals surface area (Å²) in [5.74, 6) is 0.0141. The van der Waals surface area contributed by atoms with Crippen LogP contribution in [0.1, 0.15) is 5.56 Å². The number of amides is 1. The first-order chi connectivity index (χ1) is 15.4. The zero-order valence-corrected chi connectivity index (χ0v) is 18.9. The Kier molecular flexibility index (Phi) is 6.21. The van der Waals surface area contributed by atoms with Gasteiger partial charge < -0.3 is 14.6 Å². The molecular formula is C24H21ClN2O4S. The van der Waals surface area contributed by atoms with Gasteiger partial charge in [-0.3, -0.25) is 4.79 Å². The molecule has 1 amide bonds. The van der Waals surface area contributed by atoms with Crippen molar-refractivity contribution in [3.63, 3.8) is 0 Å². The maximum Gasteiger partial charge on any atom is 0.244 e. The highest BCUT2D eigenvalue weighted by Gasteiger charge is 2.23. The lowest BCUT2D eigenvalue weighted by molar-refractivity contribution is -0.116. The summed E-state index contributed by atoms with van der Waals surface area (Å²) in [5.41, 5.74) is 1.73. The van der Waals surface area contributed by atoms with Crippen LogP contribution in [-0.4, -0.2) is 26.0 Å². The van der Waals surface area contributed by atoms with Gasteiger partial charge in [-0.1, -0.05) is 60.1 Å². The molecule has 32 heavy (non-hydrogen) atoms. The topological polar surface area (TPSA) is 77.4 Å². The van der Waals surface area contributed by atoms with E-state index < -0.39 is 9.84 Å². The second kappa shape index (κ2) is 9.06. The van der Waals surface area contributed by atoms with E-state index in [9.17, 15) is 13.2 Å². The second-order valence-electron chi connectivity index (χ2n) is 7.24. The summed E-state index contributed by atoms with van der Waals surface area (Å²) in [6.45, 7) is -0.0554. The Balaban J connectivity index is 1.66. The van der Waals surface area contributed by atoms with Gasteiger partial charge >= 0.3 is 0 Å². The van der Waals surface area contributed by atoms with Gasteiger partial charge in [0.2, 0.25) is 5.91 Å². The number of rotatable bonds is 7. The lowest BCUT2D eigenvalue weighted by atomic mass is 10.2. The van der Waals surface area contributed by atoms with Gasteiger partial charge in [-0.05, 0) is 29.8 Å². The lowest BCUT2D eigenvalue weighted by Gasteiger charge is -2.10. The van der Waals surface area contributed by atoms with E-state index >= 15 is 0 Å². The number of aromatic nitrogens is 1. The number of sulfone groups is 1. The van der Waals surface area contributed by atoms with E-state index in [4.69, 9.17) is 16.3 Å². The summed E-state index contributed by atoms with van der Waals surface area (Å²) in [7, 11) is -2.18. The minimum Gasteiger partial charge on any atom is -0.495 e. The van der Waals surface area contributed by atoms with E-state index in [2.05, 4.69) is 5.32 Å². The number of carbonyl (C=O) groups excluding carboxylic acids is 1. The first-order valence-corrected chi connectivity index (χ1v) is 11.9. The van der Waals surface area contributed by atoms with Crippen LogP contribution in [0.3, 0.4) is 0 Å². The smallest absolute Gasteiger partial charge is 0.244 e. The van der Waals surface area contributed by atoms with Crippen LogP contribution in [0.2, 0.25) is 5.02 Å². The van der Waals surface area contributed by atoms with Crippen LogP contribution in [0.5, 0.6) is 5.75 Å². The third-order valence-electron chi connectivity index (χ3n) is 5.09. The Hall–Kier alpha value is -3.29. The Labute approximate surface area is 191 Å². The number of hydrogen-bond donors (Lipinski definition) is 1. The molecule has 4 aromatic rings. The number of hydrogen-bond acceptors (Lipinski definition) is 4. The molecule has 0 aliphatic carbocycles. The highest BCUT2D eigenvalue weighted by Crippen LogP contribution is 2.30. The Morgan fingerprint density at radius 3 is 2.47 bits per heavy atom. The highest BCUT2D eigenvalue weighted by molar-refractivity contribution is 7.90. The fraction of sp³-hybridized carbons (Fsp3) is 0.125. The van der Waals surface area contributed by atoms with E-state index in [-0.39, 0.29) is 23.1 Å². The Bertz CT molecular complexity index is 1400. The van der Waals surface area contributed by atoms with Crippen LogP contribution in [0.25, 0.3) is 10.9 Å². The molecule has 0 fully saturated rings. The van der Waals surface area contributed by atoms with Gasteiger partial charge in [0.25, 0.3) is 0 Å². The first kappa shape index (κ1) is 21.9. The molecule has 8 heteroatoms. The fourth-order valence-corrected chi connectivity index (χ4v) is 5.48. The van der Waals surface area contributed by atoms with Crippen molar-refractivity contribution < 1.29 is 17.9 Å². The molecule has 1 aromatic heterocycles. The average Bonchev–Trinajstić information content (AvgIpc) is 3.15. The molecule has 0 bridgehead atoms. The van der Waals surface area contributed by atoms with Crippen LogP contribution in [0.15, 0.2) is 83.9 Å². The first-order valence-electron chi connectivity index (χ1n) is 9.86. The van der Waals surface area contributed by atoms with E-state index in [1.807, 2.05) is 6.07 Å². The zero-order valence-electron chi connectivity index (χ0n) is 17.3. The van der Waals surface area contributed by atoms with Crippen molar-refractivity contribution in [3.8, 4) is 5.75 Å². The highest BCUT2D eigenvalue weighted by atomic mass is 35.5. The van der Waals surface area contributed by atoms with Gasteiger partial charge in [-0.2, -0.15) is 0 Å². The van der Waals surface area contributed by atoms with Gasteiger partial charge in [0, 0.05) is 22.1 Å². The van der Waals surface area contributed by atoms with Crippen molar-refractivity contribution in [1.29, 1.82) is 0 Å². The van der Waals surface area contributed by atoms with Crippen molar-refractivity contribution in [3.05, 3.63) is 89.6 Å². The molecule has 1 N–H and O–H groups in total. The van der Waals surface area contributed by atoms with Gasteiger partial charge in [-0.25, -0.2) is 8.42 Å². The van der Waals surface area contributed by atoms with Crippen molar-refractivity contribution in [2.75, 3.05) is 12.4 Å². The van der Waals surface area contributed by atoms with Crippen molar-refractivity contribution in [2.24, 2.45) is 0 Å². The maximum absolute atomic E-state index is 13.3. The summed E-state index contributed by atoms with van der Waals surface area (Å²) in [6, 6.07) is 21.1. The number of benzene rings is 3. The molecule has 4 rings (SSSR count). The number of fused-ring (bicyclic) bond motifs is 1. The lowest BCUT2D eigenvalue weighted by Crippen LogP contribution is -2.18. The third kappa shape index (κ3) is 4.49. The predicted octanol–water partition coefficient (Wildman–Crippen LogP) is 4.92. The summed E-state index contributed by atoms with van der Waals surface area (Å²) in [5, 5.41) is 3.78. The number of ether oxygens (including phenoxy) is 1. The van der Waals surface area contributed by atoms with Crippen LogP contribution in [0.4, 0.5) is 5.69 Å². The van der Waals surface area contributed by atoms with Crippen molar-refractivity contribution in [1.82, 2.24) is 4.57 Å². The molecule has 3 aromatic carbocycles.